The maximum Gasteiger partial charge on any atom is 0.325 e. The fraction of sp³-hybridized carbons (Fsp3) is 0.444. The highest BCUT2D eigenvalue weighted by molar-refractivity contribution is 5.76. The Hall–Kier alpha value is -1.65. The molecule has 14 heavy (non-hydrogen) atoms. The van der Waals surface area contributed by atoms with Gasteiger partial charge in [-0.2, -0.15) is 0 Å². The first-order valence-electron chi connectivity index (χ1n) is 4.30. The Bertz CT molecular complexity index is 332. The first-order chi connectivity index (χ1) is 6.49. The van der Waals surface area contributed by atoms with Crippen LogP contribution in [0.1, 0.15) is 18.4 Å². The molecule has 1 atom stereocenters. The minimum Gasteiger partial charge on any atom is -0.480 e. The van der Waals surface area contributed by atoms with Gasteiger partial charge in [0.25, 0.3) is 0 Å². The number of aliphatic carboxylic acids is 1. The number of nitrogens with zero attached hydrogens (tertiary/aromatic N) is 2. The molecule has 5 heteroatoms. The first kappa shape index (κ1) is 10.4. The molecule has 1 rings (SSSR count). The Morgan fingerprint density at radius 2 is 2.14 bits per heavy atom. The lowest BCUT2D eigenvalue weighted by atomic mass is 10.3. The van der Waals surface area contributed by atoms with Crippen molar-refractivity contribution in [3.05, 3.63) is 17.6 Å². The van der Waals surface area contributed by atoms with E-state index in [0.717, 1.165) is 5.69 Å². The monoisotopic (exact) mass is 195 g/mol. The Labute approximate surface area is 82.2 Å². The van der Waals surface area contributed by atoms with Crippen LogP contribution in [0.15, 0.2) is 6.07 Å². The molecule has 0 spiro atoms. The van der Waals surface area contributed by atoms with Crippen LogP contribution < -0.4 is 5.32 Å². The summed E-state index contributed by atoms with van der Waals surface area (Å²) in [5, 5.41) is 11.4. The molecular weight excluding hydrogens is 182 g/mol. The van der Waals surface area contributed by atoms with Crippen molar-refractivity contribution in [2.24, 2.45) is 0 Å². The molecule has 1 aromatic rings. The van der Waals surface area contributed by atoms with E-state index < -0.39 is 12.0 Å². The number of rotatable bonds is 3. The van der Waals surface area contributed by atoms with Crippen LogP contribution in [-0.2, 0) is 4.79 Å². The van der Waals surface area contributed by atoms with E-state index in [1.807, 2.05) is 6.92 Å². The summed E-state index contributed by atoms with van der Waals surface area (Å²) >= 11 is 0. The van der Waals surface area contributed by atoms with Crippen LogP contribution in [0.5, 0.6) is 0 Å². The smallest absolute Gasteiger partial charge is 0.325 e. The van der Waals surface area contributed by atoms with E-state index in [1.54, 1.807) is 19.9 Å². The van der Waals surface area contributed by atoms with Gasteiger partial charge in [-0.1, -0.05) is 0 Å². The van der Waals surface area contributed by atoms with Crippen molar-refractivity contribution in [3.63, 3.8) is 0 Å². The number of carboxylic acids is 1. The Kier molecular flexibility index (Phi) is 3.01. The minimum absolute atomic E-state index is 0.546. The molecule has 1 aromatic heterocycles. The normalized spacial score (nSPS) is 12.2. The fourth-order valence-electron chi connectivity index (χ4n) is 1.07. The largest absolute Gasteiger partial charge is 0.480 e. The van der Waals surface area contributed by atoms with E-state index in [2.05, 4.69) is 15.3 Å². The molecule has 0 aromatic carbocycles. The second-order valence-electron chi connectivity index (χ2n) is 3.15. The van der Waals surface area contributed by atoms with E-state index >= 15 is 0 Å². The van der Waals surface area contributed by atoms with Crippen LogP contribution >= 0.6 is 0 Å². The lowest BCUT2D eigenvalue weighted by Crippen LogP contribution is -2.26. The van der Waals surface area contributed by atoms with Crippen LogP contribution in [0.2, 0.25) is 0 Å². The molecule has 0 bridgehead atoms. The molecule has 2 N–H and O–H groups in total. The SMILES string of the molecule is Cc1cc(N[C@H](C)C(=O)O)nc(C)n1. The van der Waals surface area contributed by atoms with Gasteiger partial charge in [0, 0.05) is 11.8 Å². The summed E-state index contributed by atoms with van der Waals surface area (Å²) in [6.07, 6.45) is 0. The lowest BCUT2D eigenvalue weighted by molar-refractivity contribution is -0.137. The summed E-state index contributed by atoms with van der Waals surface area (Å²) in [4.78, 5) is 18.7. The average molecular weight is 195 g/mol. The van der Waals surface area contributed by atoms with Crippen LogP contribution in [0.4, 0.5) is 5.82 Å². The minimum atomic E-state index is -0.904. The van der Waals surface area contributed by atoms with Crippen molar-refractivity contribution in [1.29, 1.82) is 0 Å². The van der Waals surface area contributed by atoms with Gasteiger partial charge in [0.15, 0.2) is 0 Å². The van der Waals surface area contributed by atoms with Crippen molar-refractivity contribution in [1.82, 2.24) is 9.97 Å². The van der Waals surface area contributed by atoms with Crippen molar-refractivity contribution < 1.29 is 9.90 Å². The third kappa shape index (κ3) is 2.69. The van der Waals surface area contributed by atoms with E-state index in [1.165, 1.54) is 0 Å². The van der Waals surface area contributed by atoms with Gasteiger partial charge in [0.1, 0.15) is 17.7 Å². The molecule has 0 unspecified atom stereocenters. The maximum atomic E-state index is 10.6. The highest BCUT2D eigenvalue weighted by Crippen LogP contribution is 2.06. The molecule has 0 saturated heterocycles. The summed E-state index contributed by atoms with van der Waals surface area (Å²) in [5.74, 6) is 0.272. The molecule has 5 nitrogen and oxygen atoms in total. The number of aryl methyl sites for hydroxylation is 2. The van der Waals surface area contributed by atoms with Crippen LogP contribution in [0.25, 0.3) is 0 Å². The number of hydrogen-bond donors (Lipinski definition) is 2. The molecule has 76 valence electrons. The van der Waals surface area contributed by atoms with Gasteiger partial charge < -0.3 is 10.4 Å². The van der Waals surface area contributed by atoms with Gasteiger partial charge in [-0.25, -0.2) is 9.97 Å². The quantitative estimate of drug-likeness (QED) is 0.751. The zero-order valence-electron chi connectivity index (χ0n) is 8.40. The third-order valence-corrected chi connectivity index (χ3v) is 1.70. The van der Waals surface area contributed by atoms with Crippen molar-refractivity contribution in [3.8, 4) is 0 Å². The maximum absolute atomic E-state index is 10.6. The average Bonchev–Trinajstić information content (AvgIpc) is 2.01. The number of carbonyl (C=O) groups is 1. The summed E-state index contributed by atoms with van der Waals surface area (Å²) < 4.78 is 0. The number of nitrogens with one attached hydrogen (secondary N) is 1. The van der Waals surface area contributed by atoms with Gasteiger partial charge in [0.2, 0.25) is 0 Å². The van der Waals surface area contributed by atoms with E-state index in [-0.39, 0.29) is 0 Å². The second-order valence-corrected chi connectivity index (χ2v) is 3.15. The Morgan fingerprint density at radius 1 is 1.50 bits per heavy atom. The van der Waals surface area contributed by atoms with Gasteiger partial charge in [-0.05, 0) is 20.8 Å². The highest BCUT2D eigenvalue weighted by atomic mass is 16.4. The summed E-state index contributed by atoms with van der Waals surface area (Å²) in [5.41, 5.74) is 0.817. The number of anilines is 1. The molecule has 0 aliphatic heterocycles. The Balaban J connectivity index is 2.81. The van der Waals surface area contributed by atoms with Crippen molar-refractivity contribution >= 4 is 11.8 Å². The summed E-state index contributed by atoms with van der Waals surface area (Å²) in [6, 6.07) is 1.07. The second kappa shape index (κ2) is 4.04. The molecular formula is C9H13N3O2. The zero-order valence-corrected chi connectivity index (χ0v) is 8.40. The molecule has 0 aliphatic rings. The fourth-order valence-corrected chi connectivity index (χ4v) is 1.07. The molecule has 1 heterocycles. The lowest BCUT2D eigenvalue weighted by Gasteiger charge is -2.10. The predicted molar refractivity (Wildman–Crippen MR) is 52.2 cm³/mol. The first-order valence-corrected chi connectivity index (χ1v) is 4.30. The van der Waals surface area contributed by atoms with Crippen LogP contribution in [0.3, 0.4) is 0 Å². The topological polar surface area (TPSA) is 75.1 Å². The predicted octanol–water partition coefficient (Wildman–Crippen LogP) is 0.978. The van der Waals surface area contributed by atoms with Crippen molar-refractivity contribution in [2.45, 2.75) is 26.8 Å². The molecule has 0 fully saturated rings. The summed E-state index contributed by atoms with van der Waals surface area (Å²) in [6.45, 7) is 5.17. The molecule has 0 amide bonds. The van der Waals surface area contributed by atoms with Crippen LogP contribution in [-0.4, -0.2) is 27.1 Å². The van der Waals surface area contributed by atoms with E-state index in [0.29, 0.717) is 11.6 Å². The van der Waals surface area contributed by atoms with Gasteiger partial charge in [-0.3, -0.25) is 4.79 Å². The molecule has 0 aliphatic carbocycles. The third-order valence-electron chi connectivity index (χ3n) is 1.70. The standard InChI is InChI=1S/C9H13N3O2/c1-5-4-8(12-7(3)10-5)11-6(2)9(13)14/h4,6H,1-3H3,(H,13,14)(H,10,11,12)/t6-/m1/s1. The zero-order chi connectivity index (χ0) is 10.7. The Morgan fingerprint density at radius 3 is 2.64 bits per heavy atom. The van der Waals surface area contributed by atoms with Gasteiger partial charge in [-0.15, -0.1) is 0 Å². The van der Waals surface area contributed by atoms with Gasteiger partial charge in [0.05, 0.1) is 0 Å². The van der Waals surface area contributed by atoms with E-state index in [4.69, 9.17) is 5.11 Å². The molecule has 0 radical (unpaired) electrons. The number of carboxylic acid groups (broad SMARTS) is 1. The van der Waals surface area contributed by atoms with Crippen molar-refractivity contribution in [2.75, 3.05) is 5.32 Å². The van der Waals surface area contributed by atoms with Gasteiger partial charge >= 0.3 is 5.97 Å². The van der Waals surface area contributed by atoms with Crippen LogP contribution in [0, 0.1) is 13.8 Å². The summed E-state index contributed by atoms with van der Waals surface area (Å²) in [7, 11) is 0. The number of hydrogen-bond acceptors (Lipinski definition) is 4. The number of aromatic nitrogens is 2. The highest BCUT2D eigenvalue weighted by Gasteiger charge is 2.10. The van der Waals surface area contributed by atoms with E-state index in [9.17, 15) is 4.79 Å². The molecule has 0 saturated carbocycles.